The van der Waals surface area contributed by atoms with Crippen molar-refractivity contribution in [2.75, 3.05) is 38.9 Å². The summed E-state index contributed by atoms with van der Waals surface area (Å²) in [7, 11) is 3.45. The molecule has 1 atom stereocenters. The number of ether oxygens (including phenoxy) is 2. The molecule has 0 radical (unpaired) electrons. The van der Waals surface area contributed by atoms with Crippen LogP contribution in [0.15, 0.2) is 66.7 Å². The first kappa shape index (κ1) is 25.0. The van der Waals surface area contributed by atoms with E-state index in [2.05, 4.69) is 30.3 Å². The molecule has 0 aliphatic carbocycles. The van der Waals surface area contributed by atoms with Gasteiger partial charge in [0.1, 0.15) is 0 Å². The van der Waals surface area contributed by atoms with E-state index >= 15 is 0 Å². The van der Waals surface area contributed by atoms with Crippen LogP contribution >= 0.6 is 11.8 Å². The number of nitrogens with zero attached hydrogens (tertiary/aromatic N) is 1. The van der Waals surface area contributed by atoms with Crippen LogP contribution in [0.4, 0.5) is 0 Å². The summed E-state index contributed by atoms with van der Waals surface area (Å²) in [6, 6.07) is 21.7. The molecule has 3 aromatic rings. The van der Waals surface area contributed by atoms with Crippen molar-refractivity contribution in [1.29, 1.82) is 0 Å². The number of imide groups is 1. The standard InChI is InChI=1S/C14H11NO2.C13H20O2S/c1-2-15-13(16)10-7-3-5-9-6-4-8-11(12(9)10)14(15)17;1-14-10-13(15-2)11-16-9-8-12-6-4-3-5-7-12/h3-8H,2H2,1H3;3-7,13H,8-11H2,1-2H3. The van der Waals surface area contributed by atoms with Crippen molar-refractivity contribution in [2.45, 2.75) is 19.4 Å². The smallest absolute Gasteiger partial charge is 0.261 e. The van der Waals surface area contributed by atoms with Crippen LogP contribution in [-0.4, -0.2) is 61.7 Å². The van der Waals surface area contributed by atoms with Gasteiger partial charge in [-0.3, -0.25) is 14.5 Å². The molecule has 3 aromatic carbocycles. The van der Waals surface area contributed by atoms with Gasteiger partial charge in [-0.25, -0.2) is 0 Å². The lowest BCUT2D eigenvalue weighted by molar-refractivity contribution is 0.0430. The molecule has 1 aliphatic rings. The first-order valence-corrected chi connectivity index (χ1v) is 12.3. The molecule has 2 amide bonds. The second-order valence-electron chi connectivity index (χ2n) is 7.69. The van der Waals surface area contributed by atoms with Crippen molar-refractivity contribution in [3.63, 3.8) is 0 Å². The third-order valence-electron chi connectivity index (χ3n) is 5.54. The highest BCUT2D eigenvalue weighted by Gasteiger charge is 2.31. The van der Waals surface area contributed by atoms with E-state index in [9.17, 15) is 9.59 Å². The van der Waals surface area contributed by atoms with Gasteiger partial charge in [-0.05, 0) is 42.2 Å². The molecule has 0 N–H and O–H groups in total. The molecule has 0 saturated carbocycles. The van der Waals surface area contributed by atoms with E-state index in [1.807, 2.05) is 43.0 Å². The Balaban J connectivity index is 0.000000186. The first-order valence-electron chi connectivity index (χ1n) is 11.1. The maximum absolute atomic E-state index is 12.1. The average Bonchev–Trinajstić information content (AvgIpc) is 2.85. The number of hydrogen-bond donors (Lipinski definition) is 0. The zero-order valence-electron chi connectivity index (χ0n) is 19.5. The highest BCUT2D eigenvalue weighted by atomic mass is 32.2. The van der Waals surface area contributed by atoms with Crippen LogP contribution in [0.1, 0.15) is 33.2 Å². The van der Waals surface area contributed by atoms with E-state index in [0.717, 1.165) is 28.7 Å². The average molecular weight is 466 g/mol. The van der Waals surface area contributed by atoms with Gasteiger partial charge in [0.15, 0.2) is 0 Å². The van der Waals surface area contributed by atoms with Crippen LogP contribution in [0, 0.1) is 0 Å². The zero-order chi connectivity index (χ0) is 23.6. The van der Waals surface area contributed by atoms with Crippen LogP contribution in [0.25, 0.3) is 10.8 Å². The summed E-state index contributed by atoms with van der Waals surface area (Å²) in [5.74, 6) is 1.74. The number of amides is 2. The molecular formula is C27H31NO4S. The maximum atomic E-state index is 12.1. The van der Waals surface area contributed by atoms with Crippen molar-refractivity contribution in [3.8, 4) is 0 Å². The van der Waals surface area contributed by atoms with E-state index in [1.54, 1.807) is 26.4 Å². The summed E-state index contributed by atoms with van der Waals surface area (Å²) in [6.45, 7) is 2.89. The van der Waals surface area contributed by atoms with Crippen molar-refractivity contribution >= 4 is 34.3 Å². The Kier molecular flexibility index (Phi) is 9.48. The molecule has 0 saturated heterocycles. The summed E-state index contributed by atoms with van der Waals surface area (Å²) in [4.78, 5) is 25.6. The van der Waals surface area contributed by atoms with Gasteiger partial charge in [0, 0.05) is 43.0 Å². The monoisotopic (exact) mass is 465 g/mol. The van der Waals surface area contributed by atoms with Gasteiger partial charge in [0.05, 0.1) is 12.7 Å². The molecule has 5 nitrogen and oxygen atoms in total. The molecule has 1 unspecified atom stereocenters. The highest BCUT2D eigenvalue weighted by Crippen LogP contribution is 2.29. The summed E-state index contributed by atoms with van der Waals surface area (Å²) in [6.07, 6.45) is 1.33. The summed E-state index contributed by atoms with van der Waals surface area (Å²) < 4.78 is 10.4. The van der Waals surface area contributed by atoms with Gasteiger partial charge in [-0.15, -0.1) is 0 Å². The second kappa shape index (κ2) is 12.5. The minimum absolute atomic E-state index is 0.193. The van der Waals surface area contributed by atoms with Gasteiger partial charge >= 0.3 is 0 Å². The second-order valence-corrected chi connectivity index (χ2v) is 8.84. The Labute approximate surface area is 200 Å². The molecule has 0 bridgehead atoms. The molecule has 4 rings (SSSR count). The highest BCUT2D eigenvalue weighted by molar-refractivity contribution is 7.99. The van der Waals surface area contributed by atoms with E-state index in [-0.39, 0.29) is 17.9 Å². The fraction of sp³-hybridized carbons (Fsp3) is 0.333. The third kappa shape index (κ3) is 6.22. The third-order valence-corrected chi connectivity index (χ3v) is 6.64. The molecule has 0 fully saturated rings. The molecule has 0 aromatic heterocycles. The van der Waals surface area contributed by atoms with E-state index in [1.165, 1.54) is 10.5 Å². The van der Waals surface area contributed by atoms with Crippen molar-refractivity contribution in [3.05, 3.63) is 83.4 Å². The van der Waals surface area contributed by atoms with Crippen LogP contribution in [-0.2, 0) is 15.9 Å². The van der Waals surface area contributed by atoms with Gasteiger partial charge in [-0.1, -0.05) is 54.6 Å². The SMILES string of the molecule is CCN1C(=O)c2cccc3cccc(c23)C1=O.COCC(CSCCc1ccccc1)OC. The van der Waals surface area contributed by atoms with Gasteiger partial charge < -0.3 is 9.47 Å². The van der Waals surface area contributed by atoms with Crippen molar-refractivity contribution in [2.24, 2.45) is 0 Å². The summed E-state index contributed by atoms with van der Waals surface area (Å²) in [5.41, 5.74) is 2.65. The number of benzene rings is 3. The van der Waals surface area contributed by atoms with Crippen LogP contribution in [0.3, 0.4) is 0 Å². The Morgan fingerprint density at radius 3 is 2.06 bits per heavy atom. The fourth-order valence-corrected chi connectivity index (χ4v) is 4.83. The number of hydrogen-bond acceptors (Lipinski definition) is 5. The van der Waals surface area contributed by atoms with E-state index < -0.39 is 0 Å². The molecule has 174 valence electrons. The normalized spacial score (nSPS) is 13.6. The Bertz CT molecular complexity index is 1020. The number of thioether (sulfide) groups is 1. The Morgan fingerprint density at radius 1 is 0.879 bits per heavy atom. The van der Waals surface area contributed by atoms with Crippen LogP contribution in [0.2, 0.25) is 0 Å². The largest absolute Gasteiger partial charge is 0.382 e. The molecule has 0 spiro atoms. The van der Waals surface area contributed by atoms with Crippen molar-refractivity contribution in [1.82, 2.24) is 4.90 Å². The topological polar surface area (TPSA) is 55.8 Å². The maximum Gasteiger partial charge on any atom is 0.261 e. The minimum atomic E-state index is -0.193. The lowest BCUT2D eigenvalue weighted by Gasteiger charge is -2.25. The summed E-state index contributed by atoms with van der Waals surface area (Å²) in [5, 5.41) is 1.73. The van der Waals surface area contributed by atoms with Crippen LogP contribution < -0.4 is 0 Å². The van der Waals surface area contributed by atoms with Crippen LogP contribution in [0.5, 0.6) is 0 Å². The van der Waals surface area contributed by atoms with E-state index in [4.69, 9.17) is 9.47 Å². The predicted octanol–water partition coefficient (Wildman–Crippen LogP) is 5.08. The fourth-order valence-electron chi connectivity index (χ4n) is 3.79. The van der Waals surface area contributed by atoms with Crippen molar-refractivity contribution < 1.29 is 19.1 Å². The van der Waals surface area contributed by atoms with Gasteiger partial charge in [0.25, 0.3) is 11.8 Å². The Hall–Kier alpha value is -2.67. The quantitative estimate of drug-likeness (QED) is 0.326. The number of rotatable bonds is 9. The molecule has 1 aliphatic heterocycles. The minimum Gasteiger partial charge on any atom is -0.382 e. The first-order chi connectivity index (χ1) is 16.1. The number of carbonyl (C=O) groups is 2. The van der Waals surface area contributed by atoms with Gasteiger partial charge in [0.2, 0.25) is 0 Å². The number of carbonyl (C=O) groups excluding carboxylic acids is 2. The van der Waals surface area contributed by atoms with E-state index in [0.29, 0.717) is 24.3 Å². The molecule has 1 heterocycles. The lowest BCUT2D eigenvalue weighted by atomic mass is 9.94. The Morgan fingerprint density at radius 2 is 1.52 bits per heavy atom. The summed E-state index contributed by atoms with van der Waals surface area (Å²) >= 11 is 1.92. The molecular weight excluding hydrogens is 434 g/mol. The zero-order valence-corrected chi connectivity index (χ0v) is 20.3. The van der Waals surface area contributed by atoms with Gasteiger partial charge in [-0.2, -0.15) is 11.8 Å². The predicted molar refractivity (Wildman–Crippen MR) is 135 cm³/mol. The number of methoxy groups -OCH3 is 2. The molecule has 6 heteroatoms. The lowest BCUT2D eigenvalue weighted by Crippen LogP contribution is -2.39. The number of aryl methyl sites for hydroxylation is 1. The molecule has 33 heavy (non-hydrogen) atoms.